The van der Waals surface area contributed by atoms with Crippen LogP contribution in [0.3, 0.4) is 0 Å². The van der Waals surface area contributed by atoms with Crippen molar-refractivity contribution in [1.29, 1.82) is 0 Å². The molecular formula is C18H27ClN2. The van der Waals surface area contributed by atoms with Gasteiger partial charge in [0.2, 0.25) is 0 Å². The highest BCUT2D eigenvalue weighted by atomic mass is 35.5. The monoisotopic (exact) mass is 306 g/mol. The summed E-state index contributed by atoms with van der Waals surface area (Å²) >= 11 is 6.39. The van der Waals surface area contributed by atoms with Gasteiger partial charge in [-0.05, 0) is 37.2 Å². The Morgan fingerprint density at radius 3 is 2.76 bits per heavy atom. The molecule has 0 amide bonds. The lowest BCUT2D eigenvalue weighted by atomic mass is 9.76. The number of nitrogens with zero attached hydrogens (tertiary/aromatic N) is 2. The summed E-state index contributed by atoms with van der Waals surface area (Å²) in [4.78, 5) is 0. The standard InChI is InChI=1S/C18H27ClN2/c1-18(2)12-14(10-15(19)13-18)11-16-8-9-21(20-16)17-6-4-3-5-7-17/h8-10,15,17H,3-7,11-13H2,1-2H3. The first-order valence-electron chi connectivity index (χ1n) is 8.39. The largest absolute Gasteiger partial charge is 0.269 e. The first kappa shape index (κ1) is 15.1. The fourth-order valence-corrected chi connectivity index (χ4v) is 4.56. The molecular weight excluding hydrogens is 280 g/mol. The second-order valence-corrected chi connectivity index (χ2v) is 8.20. The number of alkyl halides is 1. The molecule has 1 atom stereocenters. The highest BCUT2D eigenvalue weighted by molar-refractivity contribution is 6.21. The predicted molar refractivity (Wildman–Crippen MR) is 88.8 cm³/mol. The zero-order chi connectivity index (χ0) is 14.9. The maximum absolute atomic E-state index is 6.39. The zero-order valence-electron chi connectivity index (χ0n) is 13.3. The molecule has 0 aromatic carbocycles. The number of hydrogen-bond acceptors (Lipinski definition) is 1. The molecule has 1 fully saturated rings. The highest BCUT2D eigenvalue weighted by Gasteiger charge is 2.28. The molecule has 0 aliphatic heterocycles. The van der Waals surface area contributed by atoms with E-state index in [0.29, 0.717) is 11.5 Å². The van der Waals surface area contributed by atoms with Gasteiger partial charge in [-0.15, -0.1) is 11.6 Å². The molecule has 1 aromatic rings. The van der Waals surface area contributed by atoms with Crippen LogP contribution in [0.1, 0.15) is 70.5 Å². The lowest BCUT2D eigenvalue weighted by Gasteiger charge is -2.32. The number of allylic oxidation sites excluding steroid dienone is 2. The molecule has 1 unspecified atom stereocenters. The molecule has 0 bridgehead atoms. The van der Waals surface area contributed by atoms with Gasteiger partial charge in [-0.25, -0.2) is 0 Å². The van der Waals surface area contributed by atoms with Gasteiger partial charge in [0.05, 0.1) is 17.1 Å². The lowest BCUT2D eigenvalue weighted by Crippen LogP contribution is -2.23. The fraction of sp³-hybridized carbons (Fsp3) is 0.722. The fourth-order valence-electron chi connectivity index (χ4n) is 3.96. The molecule has 2 nitrogen and oxygen atoms in total. The number of hydrogen-bond donors (Lipinski definition) is 0. The van der Waals surface area contributed by atoms with Gasteiger partial charge in [0, 0.05) is 12.6 Å². The third-order valence-electron chi connectivity index (χ3n) is 4.89. The smallest absolute Gasteiger partial charge is 0.0665 e. The SMILES string of the molecule is CC1(C)CC(Cc2ccn(C3CCCCC3)n2)=CC(Cl)C1. The van der Waals surface area contributed by atoms with Crippen LogP contribution in [0.2, 0.25) is 0 Å². The molecule has 3 rings (SSSR count). The van der Waals surface area contributed by atoms with Crippen LogP contribution < -0.4 is 0 Å². The van der Waals surface area contributed by atoms with Crippen LogP contribution in [0.5, 0.6) is 0 Å². The van der Waals surface area contributed by atoms with Crippen LogP contribution in [0.25, 0.3) is 0 Å². The minimum absolute atomic E-state index is 0.184. The van der Waals surface area contributed by atoms with Crippen LogP contribution >= 0.6 is 11.6 Å². The molecule has 116 valence electrons. The third-order valence-corrected chi connectivity index (χ3v) is 5.17. The third kappa shape index (κ3) is 3.91. The summed E-state index contributed by atoms with van der Waals surface area (Å²) in [6, 6.07) is 2.82. The molecule has 21 heavy (non-hydrogen) atoms. The van der Waals surface area contributed by atoms with Gasteiger partial charge in [0.1, 0.15) is 0 Å². The minimum Gasteiger partial charge on any atom is -0.269 e. The number of halogens is 1. The van der Waals surface area contributed by atoms with E-state index >= 15 is 0 Å². The normalized spacial score (nSPS) is 26.6. The number of aromatic nitrogens is 2. The first-order valence-corrected chi connectivity index (χ1v) is 8.83. The summed E-state index contributed by atoms with van der Waals surface area (Å²) in [7, 11) is 0. The molecule has 0 radical (unpaired) electrons. The predicted octanol–water partition coefficient (Wildman–Crippen LogP) is 5.28. The van der Waals surface area contributed by atoms with Gasteiger partial charge in [-0.3, -0.25) is 4.68 Å². The summed E-state index contributed by atoms with van der Waals surface area (Å²) in [5.41, 5.74) is 2.98. The van der Waals surface area contributed by atoms with Crippen molar-refractivity contribution in [3.63, 3.8) is 0 Å². The maximum Gasteiger partial charge on any atom is 0.0665 e. The molecule has 2 aliphatic rings. The molecule has 1 heterocycles. The van der Waals surface area contributed by atoms with Crippen molar-refractivity contribution in [1.82, 2.24) is 9.78 Å². The van der Waals surface area contributed by atoms with Crippen molar-refractivity contribution in [3.05, 3.63) is 29.6 Å². The van der Waals surface area contributed by atoms with Crippen LogP contribution in [0.15, 0.2) is 23.9 Å². The summed E-state index contributed by atoms with van der Waals surface area (Å²) in [6.07, 6.45) is 14.3. The highest BCUT2D eigenvalue weighted by Crippen LogP contribution is 2.38. The van der Waals surface area contributed by atoms with E-state index in [0.717, 1.165) is 19.3 Å². The van der Waals surface area contributed by atoms with E-state index in [1.165, 1.54) is 43.4 Å². The van der Waals surface area contributed by atoms with Gasteiger partial charge in [0.15, 0.2) is 0 Å². The van der Waals surface area contributed by atoms with Crippen molar-refractivity contribution < 1.29 is 0 Å². The average molecular weight is 307 g/mol. The zero-order valence-corrected chi connectivity index (χ0v) is 14.1. The van der Waals surface area contributed by atoms with Crippen molar-refractivity contribution in [3.8, 4) is 0 Å². The van der Waals surface area contributed by atoms with Crippen molar-refractivity contribution in [2.75, 3.05) is 0 Å². The minimum atomic E-state index is 0.184. The molecule has 2 aliphatic carbocycles. The van der Waals surface area contributed by atoms with Crippen LogP contribution in [-0.4, -0.2) is 15.2 Å². The summed E-state index contributed by atoms with van der Waals surface area (Å²) in [6.45, 7) is 4.63. The summed E-state index contributed by atoms with van der Waals surface area (Å²) in [5.74, 6) is 0. The first-order chi connectivity index (χ1) is 10.0. The second-order valence-electron chi connectivity index (χ2n) is 7.64. The molecule has 0 N–H and O–H groups in total. The topological polar surface area (TPSA) is 17.8 Å². The Balaban J connectivity index is 1.67. The Morgan fingerprint density at radius 1 is 1.29 bits per heavy atom. The lowest BCUT2D eigenvalue weighted by molar-refractivity contribution is 0.318. The van der Waals surface area contributed by atoms with E-state index in [2.05, 4.69) is 36.9 Å². The Hall–Kier alpha value is -0.760. The Kier molecular flexibility index (Phi) is 4.44. The van der Waals surface area contributed by atoms with Gasteiger partial charge in [0.25, 0.3) is 0 Å². The molecule has 1 saturated carbocycles. The van der Waals surface area contributed by atoms with Crippen LogP contribution in [0, 0.1) is 5.41 Å². The molecule has 1 aromatic heterocycles. The second kappa shape index (κ2) is 6.16. The molecule has 3 heteroatoms. The Bertz CT molecular complexity index is 509. The van der Waals surface area contributed by atoms with Gasteiger partial charge < -0.3 is 0 Å². The quantitative estimate of drug-likeness (QED) is 0.548. The van der Waals surface area contributed by atoms with Crippen LogP contribution in [0.4, 0.5) is 0 Å². The van der Waals surface area contributed by atoms with E-state index in [1.807, 2.05) is 0 Å². The number of rotatable bonds is 3. The summed E-state index contributed by atoms with van der Waals surface area (Å²) in [5, 5.41) is 5.02. The van der Waals surface area contributed by atoms with Crippen molar-refractivity contribution in [2.45, 2.75) is 76.6 Å². The average Bonchev–Trinajstić information content (AvgIpc) is 2.86. The van der Waals surface area contributed by atoms with Crippen molar-refractivity contribution >= 4 is 11.6 Å². The van der Waals surface area contributed by atoms with E-state index in [1.54, 1.807) is 0 Å². The van der Waals surface area contributed by atoms with Crippen molar-refractivity contribution in [2.24, 2.45) is 5.41 Å². The van der Waals surface area contributed by atoms with Gasteiger partial charge >= 0.3 is 0 Å². The van der Waals surface area contributed by atoms with Crippen LogP contribution in [-0.2, 0) is 6.42 Å². The Labute approximate surface area is 133 Å². The molecule has 0 spiro atoms. The van der Waals surface area contributed by atoms with E-state index < -0.39 is 0 Å². The van der Waals surface area contributed by atoms with Gasteiger partial charge in [-0.1, -0.05) is 44.8 Å². The van der Waals surface area contributed by atoms with E-state index in [-0.39, 0.29) is 5.38 Å². The van der Waals surface area contributed by atoms with E-state index in [4.69, 9.17) is 16.7 Å². The molecule has 0 saturated heterocycles. The Morgan fingerprint density at radius 2 is 2.05 bits per heavy atom. The van der Waals surface area contributed by atoms with Gasteiger partial charge in [-0.2, -0.15) is 5.10 Å². The van der Waals surface area contributed by atoms with E-state index in [9.17, 15) is 0 Å². The summed E-state index contributed by atoms with van der Waals surface area (Å²) < 4.78 is 2.21. The maximum atomic E-state index is 6.39.